The lowest BCUT2D eigenvalue weighted by Gasteiger charge is -2.43. The molecule has 1 saturated carbocycles. The molecule has 164 valence electrons. The molecule has 2 aliphatic rings. The zero-order chi connectivity index (χ0) is 22.3. The number of nitrogens with zero attached hydrogens (tertiary/aromatic N) is 4. The molecule has 1 aliphatic heterocycles. The molecule has 7 heteroatoms. The van der Waals surface area contributed by atoms with Crippen molar-refractivity contribution in [3.05, 3.63) is 71.6 Å². The number of hydrogen-bond donors (Lipinski definition) is 0. The third kappa shape index (κ3) is 3.70. The Morgan fingerprint density at radius 1 is 1.25 bits per heavy atom. The van der Waals surface area contributed by atoms with Crippen LogP contribution in [0.15, 0.2) is 48.8 Å². The fourth-order valence-corrected chi connectivity index (χ4v) is 5.45. The van der Waals surface area contributed by atoms with Crippen LogP contribution in [0.2, 0.25) is 0 Å². The van der Waals surface area contributed by atoms with Crippen LogP contribution < -0.4 is 0 Å². The van der Waals surface area contributed by atoms with Crippen LogP contribution in [0.5, 0.6) is 0 Å². The van der Waals surface area contributed by atoms with Gasteiger partial charge in [0.1, 0.15) is 11.4 Å². The van der Waals surface area contributed by atoms with Crippen LogP contribution in [0.25, 0.3) is 15.9 Å². The van der Waals surface area contributed by atoms with Gasteiger partial charge in [-0.15, -0.1) is 0 Å². The normalized spacial score (nSPS) is 25.3. The topological polar surface area (TPSA) is 51.7 Å². The number of rotatable bonds is 4. The van der Waals surface area contributed by atoms with E-state index in [1.165, 1.54) is 6.07 Å². The van der Waals surface area contributed by atoms with Crippen molar-refractivity contribution in [2.24, 2.45) is 5.41 Å². The fraction of sp³-hybridized carbons (Fsp3) is 0.400. The molecule has 2 aromatic carbocycles. The van der Waals surface area contributed by atoms with E-state index < -0.39 is 5.60 Å². The van der Waals surface area contributed by atoms with Gasteiger partial charge in [-0.25, -0.2) is 19.0 Å². The number of benzene rings is 2. The number of amides is 1. The summed E-state index contributed by atoms with van der Waals surface area (Å²) in [5.74, 6) is -0.305. The average Bonchev–Trinajstić information content (AvgIpc) is 3.29. The lowest BCUT2D eigenvalue weighted by atomic mass is 9.68. The Balaban J connectivity index is 1.35. The van der Waals surface area contributed by atoms with Gasteiger partial charge in [-0.2, -0.15) is 0 Å². The minimum Gasteiger partial charge on any atom is -0.441 e. The second-order valence-electron chi connectivity index (χ2n) is 9.50. The van der Waals surface area contributed by atoms with E-state index in [4.69, 9.17) is 11.3 Å². The molecule has 0 bridgehead atoms. The van der Waals surface area contributed by atoms with Crippen molar-refractivity contribution in [2.75, 3.05) is 6.54 Å². The molecule has 2 heterocycles. The summed E-state index contributed by atoms with van der Waals surface area (Å²) in [4.78, 5) is 22.3. The van der Waals surface area contributed by atoms with Crippen LogP contribution in [-0.2, 0) is 17.8 Å². The lowest BCUT2D eigenvalue weighted by molar-refractivity contribution is -0.0270. The van der Waals surface area contributed by atoms with Gasteiger partial charge >= 0.3 is 6.09 Å². The van der Waals surface area contributed by atoms with Crippen LogP contribution in [0.1, 0.15) is 38.2 Å². The molecule has 0 unspecified atom stereocenters. The number of hydrogen-bond acceptors (Lipinski definition) is 3. The number of ether oxygens (including phenoxy) is 1. The third-order valence-electron chi connectivity index (χ3n) is 6.81. The maximum absolute atomic E-state index is 14.1. The first-order valence-electron chi connectivity index (χ1n) is 10.9. The Morgan fingerprint density at radius 2 is 2.09 bits per heavy atom. The number of imidazole rings is 1. The summed E-state index contributed by atoms with van der Waals surface area (Å²) < 4.78 is 22.2. The third-order valence-corrected chi connectivity index (χ3v) is 6.81. The van der Waals surface area contributed by atoms with Crippen molar-refractivity contribution in [1.82, 2.24) is 14.5 Å². The molecule has 2 fully saturated rings. The first kappa shape index (κ1) is 20.5. The Hall–Kier alpha value is -3.40. The van der Waals surface area contributed by atoms with Crippen molar-refractivity contribution in [2.45, 2.75) is 51.3 Å². The minimum absolute atomic E-state index is 0.0890. The summed E-state index contributed by atoms with van der Waals surface area (Å²) in [7, 11) is 0. The van der Waals surface area contributed by atoms with E-state index in [1.54, 1.807) is 29.2 Å². The molecule has 1 aromatic heterocycles. The molecule has 0 N–H and O–H groups in total. The Morgan fingerprint density at radius 3 is 2.91 bits per heavy atom. The van der Waals surface area contributed by atoms with Crippen LogP contribution >= 0.6 is 0 Å². The van der Waals surface area contributed by atoms with Gasteiger partial charge in [0.15, 0.2) is 5.69 Å². The summed E-state index contributed by atoms with van der Waals surface area (Å²) in [5, 5.41) is 0. The van der Waals surface area contributed by atoms with Gasteiger partial charge in [0, 0.05) is 12.1 Å². The van der Waals surface area contributed by atoms with Gasteiger partial charge in [0.05, 0.1) is 37.0 Å². The molecule has 32 heavy (non-hydrogen) atoms. The monoisotopic (exact) mass is 432 g/mol. The highest BCUT2D eigenvalue weighted by Gasteiger charge is 2.51. The second kappa shape index (κ2) is 7.63. The van der Waals surface area contributed by atoms with Crippen molar-refractivity contribution in [3.8, 4) is 0 Å². The number of fused-ring (bicyclic) bond motifs is 1. The van der Waals surface area contributed by atoms with Gasteiger partial charge in [0.25, 0.3) is 0 Å². The predicted octanol–water partition coefficient (Wildman–Crippen LogP) is 5.70. The second-order valence-corrected chi connectivity index (χ2v) is 9.50. The summed E-state index contributed by atoms with van der Waals surface area (Å²) in [6.45, 7) is 10.9. The number of aromatic nitrogens is 2. The van der Waals surface area contributed by atoms with Gasteiger partial charge in [-0.3, -0.25) is 4.90 Å². The summed E-state index contributed by atoms with van der Waals surface area (Å²) in [6, 6.07) is 12.1. The highest BCUT2D eigenvalue weighted by molar-refractivity contribution is 5.79. The maximum atomic E-state index is 14.1. The molecule has 6 nitrogen and oxygen atoms in total. The van der Waals surface area contributed by atoms with Gasteiger partial charge in [-0.1, -0.05) is 31.2 Å². The molecular formula is C25H25FN4O2. The molecule has 1 saturated heterocycles. The summed E-state index contributed by atoms with van der Waals surface area (Å²) >= 11 is 0. The number of carbonyl (C=O) groups is 1. The standard InChI is InChI=1S/C25H25FN4O2/c1-24(15-30-17-28-21-9-8-19(27-2)12-22(21)30)10-5-11-25(14-24)16-29(23(31)32-25)13-18-6-3-4-7-20(18)26/h3-4,6-9,12,17H,5,10-11,13-16H2,1H3/t24-,25-/m0/s1. The van der Waals surface area contributed by atoms with Crippen molar-refractivity contribution in [1.29, 1.82) is 0 Å². The van der Waals surface area contributed by atoms with Crippen molar-refractivity contribution >= 4 is 22.8 Å². The van der Waals surface area contributed by atoms with Crippen LogP contribution in [0.3, 0.4) is 0 Å². The minimum atomic E-state index is -0.548. The smallest absolute Gasteiger partial charge is 0.410 e. The summed E-state index contributed by atoms with van der Waals surface area (Å²) in [6.07, 6.45) is 4.98. The highest BCUT2D eigenvalue weighted by atomic mass is 19.1. The van der Waals surface area contributed by atoms with E-state index in [-0.39, 0.29) is 23.9 Å². The molecular weight excluding hydrogens is 407 g/mol. The molecule has 3 aromatic rings. The molecule has 5 rings (SSSR count). The Labute approximate surface area is 186 Å². The summed E-state index contributed by atoms with van der Waals surface area (Å²) in [5.41, 5.74) is 2.28. The largest absolute Gasteiger partial charge is 0.441 e. The molecule has 2 atom stereocenters. The van der Waals surface area contributed by atoms with Gasteiger partial charge < -0.3 is 9.30 Å². The van der Waals surface area contributed by atoms with Crippen LogP contribution in [-0.4, -0.2) is 32.7 Å². The molecule has 0 radical (unpaired) electrons. The zero-order valence-corrected chi connectivity index (χ0v) is 18.1. The number of halogens is 1. The quantitative estimate of drug-likeness (QED) is 0.497. The fourth-order valence-electron chi connectivity index (χ4n) is 5.45. The van der Waals surface area contributed by atoms with E-state index in [0.29, 0.717) is 17.8 Å². The number of carbonyl (C=O) groups excluding carboxylic acids is 1. The first-order valence-corrected chi connectivity index (χ1v) is 10.9. The van der Waals surface area contributed by atoms with E-state index >= 15 is 0 Å². The maximum Gasteiger partial charge on any atom is 0.410 e. The van der Waals surface area contributed by atoms with Crippen LogP contribution in [0.4, 0.5) is 14.9 Å². The lowest BCUT2D eigenvalue weighted by Crippen LogP contribution is -2.44. The Kier molecular flexibility index (Phi) is 4.89. The average molecular weight is 432 g/mol. The zero-order valence-electron chi connectivity index (χ0n) is 18.1. The van der Waals surface area contributed by atoms with Crippen molar-refractivity contribution in [3.63, 3.8) is 0 Å². The molecule has 1 aliphatic carbocycles. The SMILES string of the molecule is [C-]#[N+]c1ccc2ncn(C[C@@]3(C)CCC[C@@]4(CN(Cc5ccccc5F)C(=O)O4)C3)c2c1. The van der Waals surface area contributed by atoms with Gasteiger partial charge in [0.2, 0.25) is 0 Å². The van der Waals surface area contributed by atoms with E-state index in [1.807, 2.05) is 18.5 Å². The van der Waals surface area contributed by atoms with Crippen LogP contribution in [0, 0.1) is 17.8 Å². The van der Waals surface area contributed by atoms with Gasteiger partial charge in [-0.05, 0) is 49.3 Å². The molecule has 1 amide bonds. The van der Waals surface area contributed by atoms with E-state index in [0.717, 1.165) is 43.3 Å². The van der Waals surface area contributed by atoms with E-state index in [9.17, 15) is 9.18 Å². The highest BCUT2D eigenvalue weighted by Crippen LogP contribution is 2.47. The van der Waals surface area contributed by atoms with E-state index in [2.05, 4.69) is 21.3 Å². The molecule has 1 spiro atoms. The predicted molar refractivity (Wildman–Crippen MR) is 119 cm³/mol. The first-order chi connectivity index (χ1) is 15.4. The van der Waals surface area contributed by atoms with Crippen molar-refractivity contribution < 1.29 is 13.9 Å². The Bertz CT molecular complexity index is 1230.